The summed E-state index contributed by atoms with van der Waals surface area (Å²) in [4.78, 5) is 25.7. The predicted octanol–water partition coefficient (Wildman–Crippen LogP) is 2.34. The van der Waals surface area contributed by atoms with Crippen LogP contribution < -0.4 is 10.2 Å². The summed E-state index contributed by atoms with van der Waals surface area (Å²) < 4.78 is 5.14. The fourth-order valence-corrected chi connectivity index (χ4v) is 3.13. The fraction of sp³-hybridized carbons (Fsp3) is 0.238. The molecule has 27 heavy (non-hydrogen) atoms. The third-order valence-electron chi connectivity index (χ3n) is 4.65. The Morgan fingerprint density at radius 2 is 1.96 bits per heavy atom. The smallest absolute Gasteiger partial charge is 0.267 e. The Balaban J connectivity index is 1.67. The molecule has 1 aliphatic heterocycles. The van der Waals surface area contributed by atoms with E-state index < -0.39 is 5.91 Å². The molecule has 2 aromatic carbocycles. The molecule has 3 rings (SSSR count). The minimum Gasteiger partial charge on any atom is -0.497 e. The molecule has 1 aliphatic rings. The number of rotatable bonds is 5. The molecule has 0 fully saturated rings. The van der Waals surface area contributed by atoms with Crippen LogP contribution >= 0.6 is 0 Å². The van der Waals surface area contributed by atoms with E-state index in [-0.39, 0.29) is 5.91 Å². The van der Waals surface area contributed by atoms with Crippen LogP contribution in [0.5, 0.6) is 5.75 Å². The van der Waals surface area contributed by atoms with E-state index in [1.807, 2.05) is 47.4 Å². The van der Waals surface area contributed by atoms with Crippen LogP contribution in [0.4, 0.5) is 0 Å². The fourth-order valence-electron chi connectivity index (χ4n) is 3.13. The molecule has 0 aromatic heterocycles. The average molecular weight is 366 g/mol. The number of hydrogen-bond donors (Lipinski definition) is 2. The normalized spacial score (nSPS) is 13.3. The summed E-state index contributed by atoms with van der Waals surface area (Å²) in [5.41, 5.74) is 5.66. The highest BCUT2D eigenvalue weighted by atomic mass is 16.5. The summed E-state index contributed by atoms with van der Waals surface area (Å²) in [6.07, 6.45) is 4.06. The quantitative estimate of drug-likeness (QED) is 0.484. The standard InChI is InChI=1S/C21H22N2O4/c1-27-19-7-3-16(4-8-19)13-21(25)23-11-10-17-6-2-15(12-18(17)14-23)5-9-20(24)22-26/h2-9,12,26H,10-11,13-14H2,1H3,(H,22,24). The number of nitrogens with zero attached hydrogens (tertiary/aromatic N) is 1. The summed E-state index contributed by atoms with van der Waals surface area (Å²) in [5.74, 6) is 0.281. The van der Waals surface area contributed by atoms with Crippen LogP contribution in [0.2, 0.25) is 0 Å². The van der Waals surface area contributed by atoms with E-state index in [9.17, 15) is 9.59 Å². The van der Waals surface area contributed by atoms with Crippen molar-refractivity contribution in [3.05, 3.63) is 70.8 Å². The Morgan fingerprint density at radius 1 is 1.19 bits per heavy atom. The molecule has 0 atom stereocenters. The zero-order chi connectivity index (χ0) is 19.2. The zero-order valence-electron chi connectivity index (χ0n) is 15.1. The van der Waals surface area contributed by atoms with Gasteiger partial charge in [-0.05, 0) is 52.9 Å². The van der Waals surface area contributed by atoms with Gasteiger partial charge in [0.1, 0.15) is 5.75 Å². The summed E-state index contributed by atoms with van der Waals surface area (Å²) in [7, 11) is 1.62. The van der Waals surface area contributed by atoms with Crippen molar-refractivity contribution < 1.29 is 19.5 Å². The summed E-state index contributed by atoms with van der Waals surface area (Å²) in [5, 5.41) is 8.55. The molecule has 2 aromatic rings. The van der Waals surface area contributed by atoms with Crippen LogP contribution in [0.15, 0.2) is 48.5 Å². The lowest BCUT2D eigenvalue weighted by Crippen LogP contribution is -2.36. The predicted molar refractivity (Wildman–Crippen MR) is 101 cm³/mol. The minimum atomic E-state index is -0.580. The topological polar surface area (TPSA) is 78.9 Å². The molecule has 0 radical (unpaired) electrons. The Hall–Kier alpha value is -3.12. The van der Waals surface area contributed by atoms with Gasteiger partial charge in [-0.15, -0.1) is 0 Å². The third kappa shape index (κ3) is 4.74. The van der Waals surface area contributed by atoms with Crippen molar-refractivity contribution in [1.29, 1.82) is 0 Å². The number of benzene rings is 2. The zero-order valence-corrected chi connectivity index (χ0v) is 15.1. The number of hydroxylamine groups is 1. The van der Waals surface area contributed by atoms with Gasteiger partial charge < -0.3 is 9.64 Å². The number of methoxy groups -OCH3 is 1. The number of amides is 2. The second-order valence-corrected chi connectivity index (χ2v) is 6.43. The Labute approximate surface area is 158 Å². The first-order valence-electron chi connectivity index (χ1n) is 8.73. The molecule has 0 saturated heterocycles. The molecule has 2 amide bonds. The second kappa shape index (κ2) is 8.51. The summed E-state index contributed by atoms with van der Waals surface area (Å²) >= 11 is 0. The average Bonchev–Trinajstić information content (AvgIpc) is 2.71. The molecule has 140 valence electrons. The molecule has 0 aliphatic carbocycles. The van der Waals surface area contributed by atoms with Crippen molar-refractivity contribution in [2.45, 2.75) is 19.4 Å². The van der Waals surface area contributed by atoms with Gasteiger partial charge >= 0.3 is 0 Å². The van der Waals surface area contributed by atoms with Crippen molar-refractivity contribution in [3.63, 3.8) is 0 Å². The first-order chi connectivity index (χ1) is 13.1. The van der Waals surface area contributed by atoms with Crippen molar-refractivity contribution in [2.75, 3.05) is 13.7 Å². The van der Waals surface area contributed by atoms with E-state index in [2.05, 4.69) is 0 Å². The molecule has 0 bridgehead atoms. The lowest BCUT2D eigenvalue weighted by molar-refractivity contribution is -0.131. The number of fused-ring (bicyclic) bond motifs is 1. The Bertz CT molecular complexity index is 859. The van der Waals surface area contributed by atoms with E-state index in [0.717, 1.165) is 28.9 Å². The van der Waals surface area contributed by atoms with Crippen LogP contribution in [-0.4, -0.2) is 35.6 Å². The van der Waals surface area contributed by atoms with Gasteiger partial charge in [0.25, 0.3) is 5.91 Å². The minimum absolute atomic E-state index is 0.0893. The van der Waals surface area contributed by atoms with Gasteiger partial charge in [-0.25, -0.2) is 5.48 Å². The highest BCUT2D eigenvalue weighted by Crippen LogP contribution is 2.22. The van der Waals surface area contributed by atoms with Crippen LogP contribution in [0.25, 0.3) is 6.08 Å². The number of carbonyl (C=O) groups is 2. The monoisotopic (exact) mass is 366 g/mol. The van der Waals surface area contributed by atoms with Gasteiger partial charge in [0.05, 0.1) is 13.5 Å². The largest absolute Gasteiger partial charge is 0.497 e. The molecule has 6 nitrogen and oxygen atoms in total. The van der Waals surface area contributed by atoms with Crippen molar-refractivity contribution in [3.8, 4) is 5.75 Å². The Kier molecular flexibility index (Phi) is 5.88. The maximum Gasteiger partial charge on any atom is 0.267 e. The SMILES string of the molecule is COc1ccc(CC(=O)N2CCc3ccc(C=CC(=O)NO)cc3C2)cc1. The Morgan fingerprint density at radius 3 is 2.67 bits per heavy atom. The first-order valence-corrected chi connectivity index (χ1v) is 8.73. The molecule has 0 saturated carbocycles. The van der Waals surface area contributed by atoms with E-state index in [4.69, 9.17) is 9.94 Å². The van der Waals surface area contributed by atoms with Gasteiger partial charge in [-0.2, -0.15) is 0 Å². The molecular weight excluding hydrogens is 344 g/mol. The van der Waals surface area contributed by atoms with Crippen LogP contribution in [0.1, 0.15) is 22.3 Å². The van der Waals surface area contributed by atoms with E-state index in [1.165, 1.54) is 11.6 Å². The first kappa shape index (κ1) is 18.7. The molecule has 0 spiro atoms. The van der Waals surface area contributed by atoms with Crippen LogP contribution in [-0.2, 0) is 29.0 Å². The number of ether oxygens (including phenoxy) is 1. The maximum absolute atomic E-state index is 12.7. The third-order valence-corrected chi connectivity index (χ3v) is 4.65. The highest BCUT2D eigenvalue weighted by Gasteiger charge is 2.21. The second-order valence-electron chi connectivity index (χ2n) is 6.43. The van der Waals surface area contributed by atoms with E-state index in [0.29, 0.717) is 19.5 Å². The number of carbonyl (C=O) groups excluding carboxylic acids is 2. The summed E-state index contributed by atoms with van der Waals surface area (Å²) in [6.45, 7) is 1.25. The van der Waals surface area contributed by atoms with Crippen molar-refractivity contribution in [2.24, 2.45) is 0 Å². The number of nitrogens with one attached hydrogen (secondary N) is 1. The van der Waals surface area contributed by atoms with Crippen molar-refractivity contribution in [1.82, 2.24) is 10.4 Å². The van der Waals surface area contributed by atoms with Gasteiger partial charge in [0, 0.05) is 19.2 Å². The number of hydrogen-bond acceptors (Lipinski definition) is 4. The lowest BCUT2D eigenvalue weighted by atomic mass is 9.96. The van der Waals surface area contributed by atoms with Gasteiger partial charge in [0.15, 0.2) is 0 Å². The maximum atomic E-state index is 12.7. The van der Waals surface area contributed by atoms with E-state index >= 15 is 0 Å². The van der Waals surface area contributed by atoms with Crippen LogP contribution in [0, 0.1) is 0 Å². The van der Waals surface area contributed by atoms with Crippen molar-refractivity contribution >= 4 is 17.9 Å². The van der Waals surface area contributed by atoms with Gasteiger partial charge in [-0.3, -0.25) is 14.8 Å². The van der Waals surface area contributed by atoms with E-state index in [1.54, 1.807) is 18.7 Å². The van der Waals surface area contributed by atoms with Gasteiger partial charge in [-0.1, -0.05) is 24.3 Å². The molecule has 0 unspecified atom stereocenters. The molecule has 2 N–H and O–H groups in total. The molecule has 1 heterocycles. The van der Waals surface area contributed by atoms with Gasteiger partial charge in [0.2, 0.25) is 5.91 Å². The molecule has 6 heteroatoms. The lowest BCUT2D eigenvalue weighted by Gasteiger charge is -2.29. The molecular formula is C21H22N2O4. The summed E-state index contributed by atoms with van der Waals surface area (Å²) in [6, 6.07) is 13.5. The van der Waals surface area contributed by atoms with Crippen LogP contribution in [0.3, 0.4) is 0 Å². The highest BCUT2D eigenvalue weighted by molar-refractivity contribution is 5.90.